The number of anilines is 1. The molecule has 1 N–H and O–H groups in total. The van der Waals surface area contributed by atoms with Gasteiger partial charge < -0.3 is 14.8 Å². The van der Waals surface area contributed by atoms with E-state index in [1.807, 2.05) is 24.3 Å². The molecule has 1 aliphatic rings. The van der Waals surface area contributed by atoms with Crippen LogP contribution in [0, 0.1) is 0 Å². The lowest BCUT2D eigenvalue weighted by Gasteiger charge is -2.11. The van der Waals surface area contributed by atoms with Crippen LogP contribution < -0.4 is 10.1 Å². The second-order valence-corrected chi connectivity index (χ2v) is 8.84. The highest BCUT2D eigenvalue weighted by molar-refractivity contribution is 7.99. The monoisotopic (exact) mass is 459 g/mol. The van der Waals surface area contributed by atoms with Gasteiger partial charge in [0.15, 0.2) is 0 Å². The lowest BCUT2D eigenvalue weighted by Crippen LogP contribution is -2.17. The smallest absolute Gasteiger partial charge is 0.341 e. The fourth-order valence-electron chi connectivity index (χ4n) is 3.49. The number of nitrogens with zero attached hydrogens (tertiary/aromatic N) is 4. The number of methoxy groups -OCH3 is 2. The number of aromatic nitrogens is 4. The quantitative estimate of drug-likeness (QED) is 0.424. The third kappa shape index (κ3) is 4.42. The van der Waals surface area contributed by atoms with Crippen molar-refractivity contribution >= 4 is 40.0 Å². The number of rotatable bonds is 7. The molecule has 1 aliphatic carbocycles. The first-order chi connectivity index (χ1) is 15.1. The van der Waals surface area contributed by atoms with Crippen LogP contribution in [0.2, 0.25) is 0 Å². The van der Waals surface area contributed by atoms with E-state index in [1.165, 1.54) is 34.9 Å². The number of tetrazole rings is 1. The van der Waals surface area contributed by atoms with Gasteiger partial charge in [-0.3, -0.25) is 4.79 Å². The number of amides is 1. The van der Waals surface area contributed by atoms with Gasteiger partial charge in [-0.1, -0.05) is 23.9 Å². The summed E-state index contributed by atoms with van der Waals surface area (Å²) in [5.74, 6) is 0.0393. The van der Waals surface area contributed by atoms with Crippen molar-refractivity contribution < 1.29 is 19.1 Å². The zero-order chi connectivity index (χ0) is 21.8. The summed E-state index contributed by atoms with van der Waals surface area (Å²) >= 11 is 2.66. The van der Waals surface area contributed by atoms with Gasteiger partial charge in [-0.05, 0) is 53.8 Å². The number of hydrogen-bond acceptors (Lipinski definition) is 9. The summed E-state index contributed by atoms with van der Waals surface area (Å²) in [4.78, 5) is 26.2. The van der Waals surface area contributed by atoms with E-state index in [-0.39, 0.29) is 11.7 Å². The minimum absolute atomic E-state index is 0.0820. The summed E-state index contributed by atoms with van der Waals surface area (Å²) in [6, 6.07) is 7.35. The lowest BCUT2D eigenvalue weighted by molar-refractivity contribution is -0.113. The zero-order valence-corrected chi connectivity index (χ0v) is 18.7. The van der Waals surface area contributed by atoms with E-state index in [2.05, 4.69) is 20.8 Å². The zero-order valence-electron chi connectivity index (χ0n) is 17.1. The Labute approximate surface area is 187 Å². The predicted molar refractivity (Wildman–Crippen MR) is 117 cm³/mol. The molecule has 3 aromatic rings. The van der Waals surface area contributed by atoms with Crippen LogP contribution in [0.1, 0.15) is 33.6 Å². The first kappa shape index (κ1) is 21.3. The topological polar surface area (TPSA) is 108 Å². The molecule has 0 aliphatic heterocycles. The maximum absolute atomic E-state index is 12.7. The summed E-state index contributed by atoms with van der Waals surface area (Å²) in [7, 11) is 2.93. The number of hydrogen-bond donors (Lipinski definition) is 1. The molecule has 1 amide bonds. The average molecular weight is 460 g/mol. The molecule has 0 saturated carbocycles. The molecule has 31 heavy (non-hydrogen) atoms. The van der Waals surface area contributed by atoms with Crippen molar-refractivity contribution in [2.75, 3.05) is 25.3 Å². The molecule has 0 unspecified atom stereocenters. The normalized spacial score (nSPS) is 12.8. The molecule has 162 valence electrons. The second-order valence-electron chi connectivity index (χ2n) is 6.79. The third-order valence-corrected chi connectivity index (χ3v) is 7.03. The van der Waals surface area contributed by atoms with Gasteiger partial charge in [0.25, 0.3) is 0 Å². The Bertz CT molecular complexity index is 1110. The Balaban J connectivity index is 1.49. The van der Waals surface area contributed by atoms with E-state index in [4.69, 9.17) is 9.47 Å². The molecule has 0 radical (unpaired) electrons. The van der Waals surface area contributed by atoms with Gasteiger partial charge >= 0.3 is 5.97 Å². The van der Waals surface area contributed by atoms with E-state index < -0.39 is 5.97 Å². The highest BCUT2D eigenvalue weighted by atomic mass is 32.2. The minimum Gasteiger partial charge on any atom is -0.494 e. The Morgan fingerprint density at radius 1 is 1.23 bits per heavy atom. The van der Waals surface area contributed by atoms with Crippen LogP contribution in [0.5, 0.6) is 5.75 Å². The number of thioether (sulfide) groups is 1. The molecule has 0 fully saturated rings. The van der Waals surface area contributed by atoms with Crippen molar-refractivity contribution in [2.24, 2.45) is 0 Å². The molecule has 1 aromatic carbocycles. The first-order valence-corrected chi connectivity index (χ1v) is 11.5. The second kappa shape index (κ2) is 9.48. The van der Waals surface area contributed by atoms with Crippen molar-refractivity contribution in [1.82, 2.24) is 20.2 Å². The van der Waals surface area contributed by atoms with Gasteiger partial charge in [-0.25, -0.2) is 4.79 Å². The highest BCUT2D eigenvalue weighted by Gasteiger charge is 2.27. The van der Waals surface area contributed by atoms with Crippen molar-refractivity contribution in [1.29, 1.82) is 0 Å². The maximum atomic E-state index is 12.7. The summed E-state index contributed by atoms with van der Waals surface area (Å²) < 4.78 is 11.9. The van der Waals surface area contributed by atoms with Gasteiger partial charge in [0.1, 0.15) is 16.4 Å². The van der Waals surface area contributed by atoms with Gasteiger partial charge in [0.05, 0.1) is 25.5 Å². The molecular weight excluding hydrogens is 438 g/mol. The molecule has 2 heterocycles. The fourth-order valence-corrected chi connectivity index (χ4v) is 5.47. The van der Waals surface area contributed by atoms with Crippen LogP contribution >= 0.6 is 23.1 Å². The number of nitrogens with one attached hydrogen (secondary N) is 1. The van der Waals surface area contributed by atoms with Crippen LogP contribution in [-0.2, 0) is 22.4 Å². The molecule has 4 rings (SSSR count). The molecule has 0 saturated heterocycles. The Hall–Kier alpha value is -2.92. The van der Waals surface area contributed by atoms with Crippen molar-refractivity contribution in [2.45, 2.75) is 30.8 Å². The molecule has 0 atom stereocenters. The maximum Gasteiger partial charge on any atom is 0.341 e. The Kier molecular flexibility index (Phi) is 6.52. The minimum atomic E-state index is -0.414. The molecule has 11 heteroatoms. The summed E-state index contributed by atoms with van der Waals surface area (Å²) in [5, 5.41) is 15.6. The number of carbonyl (C=O) groups excluding carboxylic acids is 2. The summed E-state index contributed by atoms with van der Waals surface area (Å²) in [6.45, 7) is 0. The number of esters is 1. The standard InChI is InChI=1S/C20H21N5O4S2/c1-28-14-9-5-4-8-13(14)25-20(22-23-24-25)30-11-16(26)21-18-17(19(27)29-2)12-7-3-6-10-15(12)31-18/h4-5,8-9H,3,6-7,10-11H2,1-2H3,(H,21,26). The van der Waals surface area contributed by atoms with Crippen LogP contribution in [-0.4, -0.2) is 52.1 Å². The van der Waals surface area contributed by atoms with Gasteiger partial charge in [-0.15, -0.1) is 16.4 Å². The van der Waals surface area contributed by atoms with E-state index in [9.17, 15) is 9.59 Å². The summed E-state index contributed by atoms with van der Waals surface area (Å²) in [6.07, 6.45) is 3.86. The van der Waals surface area contributed by atoms with Gasteiger partial charge in [-0.2, -0.15) is 4.68 Å². The van der Waals surface area contributed by atoms with Crippen molar-refractivity contribution in [3.8, 4) is 11.4 Å². The number of carbonyl (C=O) groups is 2. The van der Waals surface area contributed by atoms with Crippen LogP contribution in [0.25, 0.3) is 5.69 Å². The highest BCUT2D eigenvalue weighted by Crippen LogP contribution is 2.38. The number of aryl methyl sites for hydroxylation is 1. The first-order valence-electron chi connectivity index (χ1n) is 9.69. The van der Waals surface area contributed by atoms with Crippen molar-refractivity contribution in [3.05, 3.63) is 40.3 Å². The SMILES string of the molecule is COC(=O)c1c(NC(=O)CSc2nnnn2-c2ccccc2OC)sc2c1CCCC2. The number of benzene rings is 1. The van der Waals surface area contributed by atoms with Crippen LogP contribution in [0.3, 0.4) is 0 Å². The number of para-hydroxylation sites is 2. The lowest BCUT2D eigenvalue weighted by atomic mass is 9.95. The fraction of sp³-hybridized carbons (Fsp3) is 0.350. The molecule has 9 nitrogen and oxygen atoms in total. The van der Waals surface area contributed by atoms with E-state index in [0.29, 0.717) is 27.2 Å². The molecule has 0 spiro atoms. The Morgan fingerprint density at radius 3 is 2.84 bits per heavy atom. The van der Waals surface area contributed by atoms with Gasteiger partial charge in [0, 0.05) is 4.88 Å². The van der Waals surface area contributed by atoms with Crippen LogP contribution in [0.15, 0.2) is 29.4 Å². The molecule has 2 aromatic heterocycles. The van der Waals surface area contributed by atoms with Crippen LogP contribution in [0.4, 0.5) is 5.00 Å². The third-order valence-electron chi connectivity index (χ3n) is 4.90. The largest absolute Gasteiger partial charge is 0.494 e. The van der Waals surface area contributed by atoms with E-state index in [1.54, 1.807) is 7.11 Å². The number of fused-ring (bicyclic) bond motifs is 1. The van der Waals surface area contributed by atoms with Gasteiger partial charge in [0.2, 0.25) is 11.1 Å². The van der Waals surface area contributed by atoms with E-state index >= 15 is 0 Å². The Morgan fingerprint density at radius 2 is 2.03 bits per heavy atom. The van der Waals surface area contributed by atoms with Crippen molar-refractivity contribution in [3.63, 3.8) is 0 Å². The summed E-state index contributed by atoms with van der Waals surface area (Å²) in [5.41, 5.74) is 2.17. The predicted octanol–water partition coefficient (Wildman–Crippen LogP) is 3.13. The number of ether oxygens (including phenoxy) is 2. The van der Waals surface area contributed by atoms with E-state index in [0.717, 1.165) is 36.1 Å². The average Bonchev–Trinajstić information content (AvgIpc) is 3.41. The molecular formula is C20H21N5O4S2. The molecule has 0 bridgehead atoms. The number of thiophene rings is 1.